The topological polar surface area (TPSA) is 15.6 Å². The fraction of sp³-hybridized carbons (Fsp3) is 0.261. The molecule has 3 rings (SSSR count). The first kappa shape index (κ1) is 18.6. The van der Waals surface area contributed by atoms with E-state index >= 15 is 0 Å². The molecule has 2 aromatic rings. The van der Waals surface area contributed by atoms with Crippen LogP contribution in [0.3, 0.4) is 0 Å². The maximum absolute atomic E-state index is 4.93. The van der Waals surface area contributed by atoms with Gasteiger partial charge in [0, 0.05) is 14.1 Å². The summed E-state index contributed by atoms with van der Waals surface area (Å²) in [5.41, 5.74) is 1.45. The minimum absolute atomic E-state index is 0.194. The van der Waals surface area contributed by atoms with Crippen molar-refractivity contribution in [3.8, 4) is 0 Å². The minimum atomic E-state index is -0.554. The van der Waals surface area contributed by atoms with Crippen molar-refractivity contribution in [1.82, 2.24) is 4.90 Å². The smallest absolute Gasteiger partial charge is 0.0959 e. The fourth-order valence-electron chi connectivity index (χ4n) is 3.17. The Kier molecular flexibility index (Phi) is 6.06. The molecule has 3 heteroatoms. The Morgan fingerprint density at radius 1 is 0.962 bits per heavy atom. The number of amidine groups is 1. The fourth-order valence-corrected chi connectivity index (χ4v) is 5.78. The van der Waals surface area contributed by atoms with Gasteiger partial charge < -0.3 is 4.90 Å². The molecular formula is C23H27N2P. The lowest BCUT2D eigenvalue weighted by Crippen LogP contribution is -2.21. The predicted molar refractivity (Wildman–Crippen MR) is 116 cm³/mol. The van der Waals surface area contributed by atoms with Crippen molar-refractivity contribution in [3.05, 3.63) is 83.7 Å². The molecule has 0 aromatic heterocycles. The average molecular weight is 362 g/mol. The quantitative estimate of drug-likeness (QED) is 0.428. The molecule has 1 atom stereocenters. The molecule has 0 saturated heterocycles. The van der Waals surface area contributed by atoms with Gasteiger partial charge in [0.2, 0.25) is 0 Å². The lowest BCUT2D eigenvalue weighted by atomic mass is 10.1. The van der Waals surface area contributed by atoms with E-state index in [0.717, 1.165) is 12.3 Å². The van der Waals surface area contributed by atoms with E-state index in [1.165, 1.54) is 21.5 Å². The molecule has 0 saturated carbocycles. The molecule has 0 unspecified atom stereocenters. The zero-order valence-electron chi connectivity index (χ0n) is 16.1. The molecule has 1 aliphatic carbocycles. The summed E-state index contributed by atoms with van der Waals surface area (Å²) in [4.78, 5) is 7.01. The van der Waals surface area contributed by atoms with Crippen molar-refractivity contribution in [1.29, 1.82) is 0 Å². The molecule has 0 fully saturated rings. The first-order chi connectivity index (χ1) is 12.6. The van der Waals surface area contributed by atoms with Gasteiger partial charge in [-0.25, -0.2) is 0 Å². The Morgan fingerprint density at radius 2 is 1.50 bits per heavy atom. The van der Waals surface area contributed by atoms with E-state index in [0.29, 0.717) is 0 Å². The molecule has 1 aliphatic rings. The van der Waals surface area contributed by atoms with E-state index in [4.69, 9.17) is 4.99 Å². The maximum Gasteiger partial charge on any atom is 0.0959 e. The monoisotopic (exact) mass is 362 g/mol. The Balaban J connectivity index is 2.07. The van der Waals surface area contributed by atoms with Crippen molar-refractivity contribution in [3.63, 3.8) is 0 Å². The Bertz CT molecular complexity index is 780. The van der Waals surface area contributed by atoms with Gasteiger partial charge in [0.25, 0.3) is 0 Å². The average Bonchev–Trinajstić information content (AvgIpc) is 3.13. The summed E-state index contributed by atoms with van der Waals surface area (Å²) in [5.74, 6) is 1.07. The number of allylic oxidation sites excluding steroid dienone is 3. The van der Waals surface area contributed by atoms with E-state index in [9.17, 15) is 0 Å². The van der Waals surface area contributed by atoms with Gasteiger partial charge >= 0.3 is 0 Å². The van der Waals surface area contributed by atoms with Crippen molar-refractivity contribution >= 4 is 24.4 Å². The van der Waals surface area contributed by atoms with Crippen LogP contribution in [0.4, 0.5) is 0 Å². The van der Waals surface area contributed by atoms with Gasteiger partial charge in [-0.2, -0.15) is 0 Å². The minimum Gasteiger partial charge on any atom is -0.367 e. The Labute approximate surface area is 158 Å². The van der Waals surface area contributed by atoms with E-state index in [1.807, 2.05) is 0 Å². The second-order valence-corrected chi connectivity index (χ2v) is 8.96. The van der Waals surface area contributed by atoms with Gasteiger partial charge in [-0.05, 0) is 49.7 Å². The molecule has 0 heterocycles. The molecule has 2 aromatic carbocycles. The SMILES string of the molecule is CC(=N[C@H](C)C1=C(P(c2ccccc2)c2ccccc2)C=CC1)N(C)C. The van der Waals surface area contributed by atoms with Crippen LogP contribution < -0.4 is 10.6 Å². The summed E-state index contributed by atoms with van der Waals surface area (Å²) in [6, 6.07) is 22.0. The van der Waals surface area contributed by atoms with E-state index in [1.54, 1.807) is 0 Å². The highest BCUT2D eigenvalue weighted by atomic mass is 31.1. The maximum atomic E-state index is 4.93. The number of hydrogen-bond acceptors (Lipinski definition) is 1. The highest BCUT2D eigenvalue weighted by molar-refractivity contribution is 7.77. The summed E-state index contributed by atoms with van der Waals surface area (Å²) in [6.07, 6.45) is 5.63. The molecule has 0 radical (unpaired) electrons. The van der Waals surface area contributed by atoms with Crippen molar-refractivity contribution in [2.75, 3.05) is 14.1 Å². The second kappa shape index (κ2) is 8.47. The number of aliphatic imine (C=N–C) groups is 1. The van der Waals surface area contributed by atoms with Crippen LogP contribution in [0, 0.1) is 0 Å². The van der Waals surface area contributed by atoms with Crippen LogP contribution in [0.5, 0.6) is 0 Å². The largest absolute Gasteiger partial charge is 0.367 e. The van der Waals surface area contributed by atoms with Crippen molar-refractivity contribution in [2.45, 2.75) is 26.3 Å². The predicted octanol–water partition coefficient (Wildman–Crippen LogP) is 4.70. The highest BCUT2D eigenvalue weighted by Crippen LogP contribution is 2.48. The molecule has 2 nitrogen and oxygen atoms in total. The van der Waals surface area contributed by atoms with E-state index < -0.39 is 7.92 Å². The molecule has 0 amide bonds. The Hall–Kier alpha value is -2.18. The van der Waals surface area contributed by atoms with Gasteiger partial charge in [0.05, 0.1) is 11.9 Å². The lowest BCUT2D eigenvalue weighted by Gasteiger charge is -2.23. The van der Waals surface area contributed by atoms with Crippen LogP contribution in [-0.4, -0.2) is 30.9 Å². The van der Waals surface area contributed by atoms with Crippen LogP contribution in [0.2, 0.25) is 0 Å². The normalized spacial score (nSPS) is 15.7. The van der Waals surface area contributed by atoms with Gasteiger partial charge in [-0.1, -0.05) is 72.8 Å². The number of nitrogens with zero attached hydrogens (tertiary/aromatic N) is 2. The second-order valence-electron chi connectivity index (χ2n) is 6.77. The van der Waals surface area contributed by atoms with Crippen LogP contribution >= 0.6 is 7.92 Å². The van der Waals surface area contributed by atoms with Crippen LogP contribution in [-0.2, 0) is 0 Å². The summed E-state index contributed by atoms with van der Waals surface area (Å²) < 4.78 is 0. The molecule has 0 N–H and O–H groups in total. The standard InChI is InChI=1S/C23H27N2P/c1-18(24-19(2)25(3)4)22-16-11-17-23(22)26(20-12-7-5-8-13-20)21-14-9-6-10-15-21/h5-15,17-18H,16H2,1-4H3/t18-/m1/s1. The molecule has 134 valence electrons. The van der Waals surface area contributed by atoms with E-state index in [2.05, 4.69) is 106 Å². The van der Waals surface area contributed by atoms with Gasteiger partial charge in [0.15, 0.2) is 0 Å². The van der Waals surface area contributed by atoms with Crippen LogP contribution in [0.15, 0.2) is 88.7 Å². The van der Waals surface area contributed by atoms with E-state index in [-0.39, 0.29) is 6.04 Å². The van der Waals surface area contributed by atoms with Gasteiger partial charge in [0.1, 0.15) is 0 Å². The summed E-state index contributed by atoms with van der Waals surface area (Å²) in [5, 5.41) is 4.25. The number of benzene rings is 2. The first-order valence-electron chi connectivity index (χ1n) is 9.09. The third kappa shape index (κ3) is 4.14. The molecule has 0 spiro atoms. The molecular weight excluding hydrogens is 335 g/mol. The molecule has 26 heavy (non-hydrogen) atoms. The van der Waals surface area contributed by atoms with Crippen LogP contribution in [0.1, 0.15) is 20.3 Å². The lowest BCUT2D eigenvalue weighted by molar-refractivity contribution is 0.608. The van der Waals surface area contributed by atoms with Gasteiger partial charge in [-0.3, -0.25) is 4.99 Å². The highest BCUT2D eigenvalue weighted by Gasteiger charge is 2.25. The van der Waals surface area contributed by atoms with Crippen molar-refractivity contribution in [2.24, 2.45) is 4.99 Å². The number of hydrogen-bond donors (Lipinski definition) is 0. The Morgan fingerprint density at radius 3 is 2.00 bits per heavy atom. The molecule has 0 bridgehead atoms. The zero-order chi connectivity index (χ0) is 18.5. The van der Waals surface area contributed by atoms with Crippen molar-refractivity contribution < 1.29 is 0 Å². The van der Waals surface area contributed by atoms with Gasteiger partial charge in [-0.15, -0.1) is 0 Å². The zero-order valence-corrected chi connectivity index (χ0v) is 16.9. The summed E-state index contributed by atoms with van der Waals surface area (Å²) in [6.45, 7) is 4.30. The third-order valence-electron chi connectivity index (χ3n) is 4.74. The first-order valence-corrected chi connectivity index (χ1v) is 10.4. The number of rotatable bonds is 5. The third-order valence-corrected chi connectivity index (χ3v) is 7.29. The van der Waals surface area contributed by atoms with Crippen LogP contribution in [0.25, 0.3) is 0 Å². The molecule has 0 aliphatic heterocycles. The summed E-state index contributed by atoms with van der Waals surface area (Å²) >= 11 is 0. The summed E-state index contributed by atoms with van der Waals surface area (Å²) in [7, 11) is 3.55.